The summed E-state index contributed by atoms with van der Waals surface area (Å²) in [6.07, 6.45) is 2.78. The standard InChI is InChI=1S/C17H35N5O.HI/c1-5-19-17(20-10-13-21(6-2)7-3)22-11-8-15(9-12-22)14-16(23)18-4;/h15H,5-14H2,1-4H3,(H,18,23)(H,19,20);1H. The van der Waals surface area contributed by atoms with E-state index in [0.717, 1.165) is 64.6 Å². The highest BCUT2D eigenvalue weighted by Gasteiger charge is 2.22. The molecule has 1 aliphatic rings. The van der Waals surface area contributed by atoms with E-state index in [2.05, 4.69) is 41.2 Å². The summed E-state index contributed by atoms with van der Waals surface area (Å²) < 4.78 is 0. The van der Waals surface area contributed by atoms with Gasteiger partial charge in [0, 0.05) is 39.6 Å². The molecular formula is C17H36IN5O. The third-order valence-corrected chi connectivity index (χ3v) is 4.57. The second kappa shape index (κ2) is 13.7. The highest BCUT2D eigenvalue weighted by Crippen LogP contribution is 2.20. The molecule has 0 radical (unpaired) electrons. The van der Waals surface area contributed by atoms with Crippen molar-refractivity contribution in [3.8, 4) is 0 Å². The molecule has 1 aliphatic heterocycles. The third kappa shape index (κ3) is 8.50. The maximum Gasteiger partial charge on any atom is 0.220 e. The van der Waals surface area contributed by atoms with Crippen molar-refractivity contribution in [2.75, 3.05) is 52.9 Å². The zero-order chi connectivity index (χ0) is 17.1. The van der Waals surface area contributed by atoms with Gasteiger partial charge in [-0.2, -0.15) is 0 Å². The molecule has 0 spiro atoms. The molecular weight excluding hydrogens is 417 g/mol. The predicted molar refractivity (Wildman–Crippen MR) is 112 cm³/mol. The Hall–Kier alpha value is -0.570. The van der Waals surface area contributed by atoms with Gasteiger partial charge < -0.3 is 20.4 Å². The van der Waals surface area contributed by atoms with Crippen LogP contribution >= 0.6 is 24.0 Å². The first-order chi connectivity index (χ1) is 11.1. The number of carbonyl (C=O) groups is 1. The Morgan fingerprint density at radius 3 is 2.33 bits per heavy atom. The normalized spacial score (nSPS) is 16.0. The molecule has 2 N–H and O–H groups in total. The van der Waals surface area contributed by atoms with Crippen LogP contribution in [0.25, 0.3) is 0 Å². The summed E-state index contributed by atoms with van der Waals surface area (Å²) in [4.78, 5) is 21.0. The predicted octanol–water partition coefficient (Wildman–Crippen LogP) is 1.76. The quantitative estimate of drug-likeness (QED) is 0.334. The van der Waals surface area contributed by atoms with Crippen LogP contribution in [0.1, 0.15) is 40.0 Å². The summed E-state index contributed by atoms with van der Waals surface area (Å²) in [5.74, 6) is 1.69. The van der Waals surface area contributed by atoms with Gasteiger partial charge in [-0.05, 0) is 38.8 Å². The van der Waals surface area contributed by atoms with Gasteiger partial charge in [0.1, 0.15) is 0 Å². The zero-order valence-corrected chi connectivity index (χ0v) is 18.1. The fourth-order valence-corrected chi connectivity index (χ4v) is 2.98. The van der Waals surface area contributed by atoms with Gasteiger partial charge in [-0.1, -0.05) is 13.8 Å². The molecule has 0 unspecified atom stereocenters. The summed E-state index contributed by atoms with van der Waals surface area (Å²) in [5, 5.41) is 6.13. The van der Waals surface area contributed by atoms with E-state index in [1.165, 1.54) is 0 Å². The number of nitrogens with one attached hydrogen (secondary N) is 2. The van der Waals surface area contributed by atoms with Crippen molar-refractivity contribution in [1.82, 2.24) is 20.4 Å². The Balaban J connectivity index is 0.00000529. The van der Waals surface area contributed by atoms with E-state index in [1.807, 2.05) is 0 Å². The number of carbonyl (C=O) groups excluding carboxylic acids is 1. The lowest BCUT2D eigenvalue weighted by Crippen LogP contribution is -2.46. The monoisotopic (exact) mass is 453 g/mol. The van der Waals surface area contributed by atoms with E-state index in [0.29, 0.717) is 12.3 Å². The summed E-state index contributed by atoms with van der Waals surface area (Å²) in [6.45, 7) is 13.3. The van der Waals surface area contributed by atoms with Crippen molar-refractivity contribution in [1.29, 1.82) is 0 Å². The number of aliphatic imine (C=N–C) groups is 1. The molecule has 7 heteroatoms. The summed E-state index contributed by atoms with van der Waals surface area (Å²) in [7, 11) is 1.71. The number of halogens is 1. The highest BCUT2D eigenvalue weighted by molar-refractivity contribution is 14.0. The van der Waals surface area contributed by atoms with Crippen molar-refractivity contribution in [3.05, 3.63) is 0 Å². The number of likely N-dealkylation sites (tertiary alicyclic amines) is 1. The van der Waals surface area contributed by atoms with Gasteiger partial charge in [0.25, 0.3) is 0 Å². The van der Waals surface area contributed by atoms with Crippen LogP contribution in [0.2, 0.25) is 0 Å². The van der Waals surface area contributed by atoms with Crippen molar-refractivity contribution in [2.24, 2.45) is 10.9 Å². The Morgan fingerprint density at radius 2 is 1.83 bits per heavy atom. The minimum atomic E-state index is 0. The number of nitrogens with zero attached hydrogens (tertiary/aromatic N) is 3. The lowest BCUT2D eigenvalue weighted by atomic mass is 9.93. The molecule has 1 saturated heterocycles. The van der Waals surface area contributed by atoms with Gasteiger partial charge >= 0.3 is 0 Å². The van der Waals surface area contributed by atoms with Crippen molar-refractivity contribution >= 4 is 35.8 Å². The number of piperidine rings is 1. The fourth-order valence-electron chi connectivity index (χ4n) is 2.98. The van der Waals surface area contributed by atoms with E-state index in [4.69, 9.17) is 4.99 Å². The first-order valence-electron chi connectivity index (χ1n) is 9.10. The molecule has 1 fully saturated rings. The topological polar surface area (TPSA) is 60.0 Å². The first-order valence-corrected chi connectivity index (χ1v) is 9.10. The minimum absolute atomic E-state index is 0. The zero-order valence-electron chi connectivity index (χ0n) is 15.8. The molecule has 142 valence electrons. The molecule has 0 aromatic carbocycles. The van der Waals surface area contributed by atoms with Crippen molar-refractivity contribution in [3.63, 3.8) is 0 Å². The third-order valence-electron chi connectivity index (χ3n) is 4.57. The average molecular weight is 453 g/mol. The average Bonchev–Trinajstić information content (AvgIpc) is 2.58. The van der Waals surface area contributed by atoms with Crippen LogP contribution in [-0.4, -0.2) is 74.5 Å². The molecule has 0 atom stereocenters. The minimum Gasteiger partial charge on any atom is -0.359 e. The molecule has 1 heterocycles. The number of amides is 1. The summed E-state index contributed by atoms with van der Waals surface area (Å²) in [5.41, 5.74) is 0. The lowest BCUT2D eigenvalue weighted by molar-refractivity contribution is -0.121. The van der Waals surface area contributed by atoms with Crippen molar-refractivity contribution < 1.29 is 4.79 Å². The number of hydrogen-bond donors (Lipinski definition) is 2. The van der Waals surface area contributed by atoms with E-state index in [1.54, 1.807) is 7.05 Å². The molecule has 6 nitrogen and oxygen atoms in total. The fraction of sp³-hybridized carbons (Fsp3) is 0.882. The van der Waals surface area contributed by atoms with Gasteiger partial charge in [-0.15, -0.1) is 24.0 Å². The Bertz CT molecular complexity index is 366. The molecule has 0 saturated carbocycles. The lowest BCUT2D eigenvalue weighted by Gasteiger charge is -2.34. The Morgan fingerprint density at radius 1 is 1.21 bits per heavy atom. The van der Waals surface area contributed by atoms with Crippen LogP contribution in [-0.2, 0) is 4.79 Å². The maximum absolute atomic E-state index is 11.5. The Kier molecular flexibility index (Phi) is 13.4. The van der Waals surface area contributed by atoms with Crippen LogP contribution in [0.5, 0.6) is 0 Å². The van der Waals surface area contributed by atoms with E-state index >= 15 is 0 Å². The van der Waals surface area contributed by atoms with Crippen LogP contribution in [0.3, 0.4) is 0 Å². The summed E-state index contributed by atoms with van der Waals surface area (Å²) >= 11 is 0. The number of rotatable bonds is 8. The van der Waals surface area contributed by atoms with Crippen LogP contribution < -0.4 is 10.6 Å². The molecule has 24 heavy (non-hydrogen) atoms. The van der Waals surface area contributed by atoms with Crippen molar-refractivity contribution in [2.45, 2.75) is 40.0 Å². The van der Waals surface area contributed by atoms with Gasteiger partial charge in [0.2, 0.25) is 5.91 Å². The summed E-state index contributed by atoms with van der Waals surface area (Å²) in [6, 6.07) is 0. The van der Waals surface area contributed by atoms with Gasteiger partial charge in [0.15, 0.2) is 5.96 Å². The number of hydrogen-bond acceptors (Lipinski definition) is 3. The van der Waals surface area contributed by atoms with Gasteiger partial charge in [0.05, 0.1) is 6.54 Å². The highest BCUT2D eigenvalue weighted by atomic mass is 127. The van der Waals surface area contributed by atoms with E-state index < -0.39 is 0 Å². The van der Waals surface area contributed by atoms with E-state index in [9.17, 15) is 4.79 Å². The second-order valence-electron chi connectivity index (χ2n) is 6.07. The Labute approximate surface area is 164 Å². The van der Waals surface area contributed by atoms with Gasteiger partial charge in [-0.25, -0.2) is 0 Å². The van der Waals surface area contributed by atoms with Gasteiger partial charge in [-0.3, -0.25) is 9.79 Å². The first kappa shape index (κ1) is 23.4. The number of likely N-dealkylation sites (N-methyl/N-ethyl adjacent to an activating group) is 1. The molecule has 0 aromatic heterocycles. The molecule has 0 bridgehead atoms. The SMILES string of the molecule is CCNC(=NCCN(CC)CC)N1CCC(CC(=O)NC)CC1.I. The molecule has 1 rings (SSSR count). The van der Waals surface area contributed by atoms with Crippen LogP contribution in [0.15, 0.2) is 4.99 Å². The van der Waals surface area contributed by atoms with Crippen LogP contribution in [0.4, 0.5) is 0 Å². The smallest absolute Gasteiger partial charge is 0.220 e. The molecule has 1 amide bonds. The number of guanidine groups is 1. The maximum atomic E-state index is 11.5. The molecule has 0 aliphatic carbocycles. The van der Waals surface area contributed by atoms with Crippen LogP contribution in [0, 0.1) is 5.92 Å². The largest absolute Gasteiger partial charge is 0.359 e. The van der Waals surface area contributed by atoms with E-state index in [-0.39, 0.29) is 29.9 Å². The second-order valence-corrected chi connectivity index (χ2v) is 6.07. The molecule has 0 aromatic rings.